The number of carbonyl (C=O) groups is 1. The lowest BCUT2D eigenvalue weighted by molar-refractivity contribution is 0.104. The van der Waals surface area contributed by atoms with Crippen LogP contribution in [0.2, 0.25) is 0 Å². The number of ketones is 1. The smallest absolute Gasteiger partial charge is 0.200 e. The first-order chi connectivity index (χ1) is 7.70. The van der Waals surface area contributed by atoms with Crippen LogP contribution in [0, 0.1) is 0 Å². The number of nitrogens with zero attached hydrogens (tertiary/aromatic N) is 2. The van der Waals surface area contributed by atoms with Gasteiger partial charge in [-0.25, -0.2) is 9.97 Å². The fraction of sp³-hybridized carbons (Fsp3) is 0. The van der Waals surface area contributed by atoms with Crippen molar-refractivity contribution in [3.05, 3.63) is 47.8 Å². The van der Waals surface area contributed by atoms with Crippen LogP contribution in [0.1, 0.15) is 15.9 Å². The van der Waals surface area contributed by atoms with Gasteiger partial charge in [0.1, 0.15) is 23.5 Å². The number of carbonyl (C=O) groups excluding carboxylic acids is 1. The SMILES string of the molecule is Nc1ncnc(N)c1C(=O)c1ccccc1. The average Bonchev–Trinajstić information content (AvgIpc) is 2.30. The Hall–Kier alpha value is -2.43. The summed E-state index contributed by atoms with van der Waals surface area (Å²) in [4.78, 5) is 19.6. The lowest BCUT2D eigenvalue weighted by atomic mass is 10.0. The van der Waals surface area contributed by atoms with Crippen molar-refractivity contribution in [1.82, 2.24) is 9.97 Å². The summed E-state index contributed by atoms with van der Waals surface area (Å²) in [6.07, 6.45) is 1.23. The van der Waals surface area contributed by atoms with Crippen molar-refractivity contribution in [1.29, 1.82) is 0 Å². The van der Waals surface area contributed by atoms with Crippen molar-refractivity contribution in [2.24, 2.45) is 0 Å². The number of aromatic nitrogens is 2. The van der Waals surface area contributed by atoms with Gasteiger partial charge >= 0.3 is 0 Å². The molecule has 0 amide bonds. The number of nitrogen functional groups attached to an aromatic ring is 2. The Balaban J connectivity index is 2.50. The van der Waals surface area contributed by atoms with E-state index in [1.807, 2.05) is 6.07 Å². The van der Waals surface area contributed by atoms with E-state index in [1.165, 1.54) is 6.33 Å². The van der Waals surface area contributed by atoms with Gasteiger partial charge < -0.3 is 11.5 Å². The maximum atomic E-state index is 12.0. The number of hydrogen-bond donors (Lipinski definition) is 2. The van der Waals surface area contributed by atoms with Gasteiger partial charge in [0.15, 0.2) is 5.78 Å². The third-order valence-corrected chi connectivity index (χ3v) is 2.17. The van der Waals surface area contributed by atoms with Crippen LogP contribution >= 0.6 is 0 Å². The zero-order chi connectivity index (χ0) is 11.5. The normalized spacial score (nSPS) is 10.0. The number of anilines is 2. The van der Waals surface area contributed by atoms with E-state index in [9.17, 15) is 4.79 Å². The number of hydrogen-bond acceptors (Lipinski definition) is 5. The third kappa shape index (κ3) is 1.70. The van der Waals surface area contributed by atoms with E-state index in [0.717, 1.165) is 0 Å². The Morgan fingerprint density at radius 3 is 2.12 bits per heavy atom. The second-order valence-electron chi connectivity index (χ2n) is 3.21. The molecule has 4 N–H and O–H groups in total. The molecular formula is C11H10N4O. The van der Waals surface area contributed by atoms with Crippen LogP contribution in [0.15, 0.2) is 36.7 Å². The van der Waals surface area contributed by atoms with E-state index in [-0.39, 0.29) is 23.0 Å². The molecule has 0 bridgehead atoms. The largest absolute Gasteiger partial charge is 0.383 e. The van der Waals surface area contributed by atoms with E-state index >= 15 is 0 Å². The summed E-state index contributed by atoms with van der Waals surface area (Å²) in [6, 6.07) is 8.74. The van der Waals surface area contributed by atoms with Gasteiger partial charge in [0, 0.05) is 5.56 Å². The highest BCUT2D eigenvalue weighted by Crippen LogP contribution is 2.18. The quantitative estimate of drug-likeness (QED) is 0.723. The van der Waals surface area contributed by atoms with E-state index in [1.54, 1.807) is 24.3 Å². The van der Waals surface area contributed by atoms with Gasteiger partial charge in [-0.2, -0.15) is 0 Å². The Morgan fingerprint density at radius 1 is 1.00 bits per heavy atom. The molecule has 2 aromatic rings. The Kier molecular flexibility index (Phi) is 2.51. The number of nitrogens with two attached hydrogens (primary N) is 2. The third-order valence-electron chi connectivity index (χ3n) is 2.17. The van der Waals surface area contributed by atoms with Crippen molar-refractivity contribution in [2.75, 3.05) is 11.5 Å². The standard InChI is InChI=1S/C11H10N4O/c12-10-8(11(13)15-6-14-10)9(16)7-4-2-1-3-5-7/h1-6H,(H4,12,13,14,15). The van der Waals surface area contributed by atoms with Crippen molar-refractivity contribution in [3.8, 4) is 0 Å². The molecule has 16 heavy (non-hydrogen) atoms. The predicted octanol–water partition coefficient (Wildman–Crippen LogP) is 0.872. The van der Waals surface area contributed by atoms with Crippen LogP contribution in [0.5, 0.6) is 0 Å². The highest BCUT2D eigenvalue weighted by Gasteiger charge is 2.16. The first-order valence-electron chi connectivity index (χ1n) is 4.66. The zero-order valence-corrected chi connectivity index (χ0v) is 8.42. The van der Waals surface area contributed by atoms with Crippen molar-refractivity contribution in [2.45, 2.75) is 0 Å². The number of rotatable bonds is 2. The maximum Gasteiger partial charge on any atom is 0.200 e. The molecule has 1 heterocycles. The van der Waals surface area contributed by atoms with Gasteiger partial charge in [-0.05, 0) is 0 Å². The molecule has 5 heteroatoms. The van der Waals surface area contributed by atoms with Gasteiger partial charge in [0.05, 0.1) is 0 Å². The summed E-state index contributed by atoms with van der Waals surface area (Å²) in [5.41, 5.74) is 11.9. The molecule has 80 valence electrons. The molecule has 0 radical (unpaired) electrons. The first-order valence-corrected chi connectivity index (χ1v) is 4.66. The summed E-state index contributed by atoms with van der Waals surface area (Å²) in [6.45, 7) is 0. The summed E-state index contributed by atoms with van der Waals surface area (Å²) in [5.74, 6) is -0.0705. The van der Waals surface area contributed by atoms with Crippen molar-refractivity contribution in [3.63, 3.8) is 0 Å². The minimum absolute atomic E-state index is 0.0985. The molecule has 0 aliphatic carbocycles. The molecule has 0 spiro atoms. The van der Waals surface area contributed by atoms with Crippen LogP contribution in [0.3, 0.4) is 0 Å². The maximum absolute atomic E-state index is 12.0. The summed E-state index contributed by atoms with van der Waals surface area (Å²) in [5, 5.41) is 0. The van der Waals surface area contributed by atoms with Crippen LogP contribution in [0.25, 0.3) is 0 Å². The van der Waals surface area contributed by atoms with Gasteiger partial charge in [-0.1, -0.05) is 30.3 Å². The Morgan fingerprint density at radius 2 is 1.56 bits per heavy atom. The predicted molar refractivity (Wildman–Crippen MR) is 60.7 cm³/mol. The highest BCUT2D eigenvalue weighted by molar-refractivity contribution is 6.14. The monoisotopic (exact) mass is 214 g/mol. The molecule has 0 saturated carbocycles. The summed E-state index contributed by atoms with van der Waals surface area (Å²) >= 11 is 0. The Bertz CT molecular complexity index is 505. The second kappa shape index (κ2) is 3.98. The molecule has 0 unspecified atom stereocenters. The van der Waals surface area contributed by atoms with E-state index in [0.29, 0.717) is 5.56 Å². The number of benzene rings is 1. The highest BCUT2D eigenvalue weighted by atomic mass is 16.1. The van der Waals surface area contributed by atoms with E-state index < -0.39 is 0 Å². The van der Waals surface area contributed by atoms with Gasteiger partial charge in [0.25, 0.3) is 0 Å². The van der Waals surface area contributed by atoms with E-state index in [4.69, 9.17) is 11.5 Å². The minimum atomic E-state index is -0.267. The molecule has 0 atom stereocenters. The van der Waals surface area contributed by atoms with Gasteiger partial charge in [-0.3, -0.25) is 4.79 Å². The van der Waals surface area contributed by atoms with Crippen LogP contribution < -0.4 is 11.5 Å². The molecule has 1 aromatic heterocycles. The van der Waals surface area contributed by atoms with Crippen molar-refractivity contribution < 1.29 is 4.79 Å². The second-order valence-corrected chi connectivity index (χ2v) is 3.21. The lowest BCUT2D eigenvalue weighted by Gasteiger charge is -2.05. The molecule has 1 aromatic carbocycles. The lowest BCUT2D eigenvalue weighted by Crippen LogP contribution is -2.11. The minimum Gasteiger partial charge on any atom is -0.383 e. The molecule has 0 aliphatic heterocycles. The Labute approximate surface area is 92.1 Å². The van der Waals surface area contributed by atoms with Gasteiger partial charge in [0.2, 0.25) is 0 Å². The van der Waals surface area contributed by atoms with Gasteiger partial charge in [-0.15, -0.1) is 0 Å². The molecule has 0 fully saturated rings. The molecule has 0 aliphatic rings. The molecule has 0 saturated heterocycles. The van der Waals surface area contributed by atoms with Crippen LogP contribution in [-0.2, 0) is 0 Å². The zero-order valence-electron chi connectivity index (χ0n) is 8.42. The summed E-state index contributed by atoms with van der Waals surface area (Å²) < 4.78 is 0. The van der Waals surface area contributed by atoms with E-state index in [2.05, 4.69) is 9.97 Å². The first kappa shape index (κ1) is 10.1. The molecule has 2 rings (SSSR count). The molecule has 5 nitrogen and oxygen atoms in total. The van der Waals surface area contributed by atoms with Crippen molar-refractivity contribution >= 4 is 17.4 Å². The average molecular weight is 214 g/mol. The van der Waals surface area contributed by atoms with Crippen LogP contribution in [-0.4, -0.2) is 15.8 Å². The fourth-order valence-electron chi connectivity index (χ4n) is 1.38. The summed E-state index contributed by atoms with van der Waals surface area (Å²) in [7, 11) is 0. The topological polar surface area (TPSA) is 94.9 Å². The molecular weight excluding hydrogens is 204 g/mol. The van der Waals surface area contributed by atoms with Crippen LogP contribution in [0.4, 0.5) is 11.6 Å². The fourth-order valence-corrected chi connectivity index (χ4v) is 1.38.